The number of benzene rings is 1. The van der Waals surface area contributed by atoms with E-state index in [9.17, 15) is 0 Å². The zero-order valence-electron chi connectivity index (χ0n) is 18.2. The van der Waals surface area contributed by atoms with E-state index in [1.165, 1.54) is 5.56 Å². The second-order valence-corrected chi connectivity index (χ2v) is 6.97. The molecule has 0 aliphatic rings. The fourth-order valence-corrected chi connectivity index (χ4v) is 3.01. The molecule has 0 aliphatic heterocycles. The van der Waals surface area contributed by atoms with E-state index in [1.807, 2.05) is 30.3 Å². The normalized spacial score (nSPS) is 11.4. The molecule has 0 bridgehead atoms. The van der Waals surface area contributed by atoms with Crippen molar-refractivity contribution in [3.8, 4) is 17.3 Å². The van der Waals surface area contributed by atoms with Crippen LogP contribution in [0.4, 0.5) is 0 Å². The fraction of sp³-hybridized carbons (Fsp3) is 0.391. The lowest BCUT2D eigenvalue weighted by Crippen LogP contribution is -2.38. The Hall–Kier alpha value is -3.42. The van der Waals surface area contributed by atoms with Gasteiger partial charge in [0.15, 0.2) is 11.8 Å². The van der Waals surface area contributed by atoms with Crippen molar-refractivity contribution in [2.24, 2.45) is 4.99 Å². The predicted molar refractivity (Wildman–Crippen MR) is 121 cm³/mol. The van der Waals surface area contributed by atoms with Gasteiger partial charge in [-0.05, 0) is 56.0 Å². The zero-order chi connectivity index (χ0) is 21.7. The molecule has 0 radical (unpaired) electrons. The summed E-state index contributed by atoms with van der Waals surface area (Å²) in [4.78, 5) is 13.3. The van der Waals surface area contributed by atoms with Crippen LogP contribution < -0.4 is 15.4 Å². The van der Waals surface area contributed by atoms with Crippen LogP contribution in [0.3, 0.4) is 0 Å². The van der Waals surface area contributed by atoms with E-state index in [-0.39, 0.29) is 0 Å². The van der Waals surface area contributed by atoms with Gasteiger partial charge in [-0.1, -0.05) is 23.4 Å². The number of unbranched alkanes of at least 4 members (excludes halogenated alkanes) is 1. The number of hydrogen-bond donors (Lipinski definition) is 2. The molecule has 0 saturated heterocycles. The number of pyridine rings is 1. The van der Waals surface area contributed by atoms with Gasteiger partial charge in [-0.3, -0.25) is 9.98 Å². The van der Waals surface area contributed by atoms with Gasteiger partial charge >= 0.3 is 0 Å². The highest BCUT2D eigenvalue weighted by molar-refractivity contribution is 5.79. The number of ether oxygens (including phenoxy) is 1. The predicted octanol–water partition coefficient (Wildman–Crippen LogP) is 3.26. The smallest absolute Gasteiger partial charge is 0.276 e. The SMILES string of the molecule is CCNC(=NCCCCc1ccc(OC)cc1)NCCc1noc(-c2ccccn2)n1. The summed E-state index contributed by atoms with van der Waals surface area (Å²) in [6.07, 6.45) is 5.50. The molecular weight excluding hydrogens is 392 g/mol. The van der Waals surface area contributed by atoms with E-state index in [0.717, 1.165) is 44.1 Å². The molecule has 1 aromatic carbocycles. The molecular formula is C23H30N6O2. The maximum absolute atomic E-state index is 5.29. The van der Waals surface area contributed by atoms with Crippen LogP contribution in [0.25, 0.3) is 11.6 Å². The first-order chi connectivity index (χ1) is 15.3. The molecule has 0 saturated carbocycles. The van der Waals surface area contributed by atoms with E-state index >= 15 is 0 Å². The Balaban J connectivity index is 1.38. The quantitative estimate of drug-likeness (QED) is 0.278. The summed E-state index contributed by atoms with van der Waals surface area (Å²) in [5.74, 6) is 2.78. The Labute approximate surface area is 183 Å². The third kappa shape index (κ3) is 7.40. The maximum atomic E-state index is 5.29. The van der Waals surface area contributed by atoms with E-state index in [0.29, 0.717) is 30.4 Å². The number of guanidine groups is 1. The number of aliphatic imine (C=N–C) groups is 1. The average Bonchev–Trinajstić information content (AvgIpc) is 3.29. The van der Waals surface area contributed by atoms with Gasteiger partial charge in [0.25, 0.3) is 5.89 Å². The Bertz CT molecular complexity index is 925. The van der Waals surface area contributed by atoms with Crippen molar-refractivity contribution in [3.63, 3.8) is 0 Å². The number of methoxy groups -OCH3 is 1. The molecule has 31 heavy (non-hydrogen) atoms. The minimum atomic E-state index is 0.438. The maximum Gasteiger partial charge on any atom is 0.276 e. The van der Waals surface area contributed by atoms with Crippen molar-refractivity contribution in [2.45, 2.75) is 32.6 Å². The van der Waals surface area contributed by atoms with Gasteiger partial charge in [-0.25, -0.2) is 0 Å². The minimum Gasteiger partial charge on any atom is -0.497 e. The Morgan fingerprint density at radius 1 is 1.06 bits per heavy atom. The minimum absolute atomic E-state index is 0.438. The topological polar surface area (TPSA) is 97.5 Å². The summed E-state index contributed by atoms with van der Waals surface area (Å²) in [5, 5.41) is 10.6. The van der Waals surface area contributed by atoms with Gasteiger partial charge in [0.1, 0.15) is 11.4 Å². The molecule has 3 rings (SSSR count). The summed E-state index contributed by atoms with van der Waals surface area (Å²) in [6, 6.07) is 13.8. The van der Waals surface area contributed by atoms with Crippen LogP contribution in [-0.2, 0) is 12.8 Å². The average molecular weight is 423 g/mol. The van der Waals surface area contributed by atoms with Gasteiger partial charge in [0, 0.05) is 32.3 Å². The first kappa shape index (κ1) is 22.3. The monoisotopic (exact) mass is 422 g/mol. The van der Waals surface area contributed by atoms with Gasteiger partial charge in [0.2, 0.25) is 0 Å². The number of aromatic nitrogens is 3. The van der Waals surface area contributed by atoms with Crippen molar-refractivity contribution < 1.29 is 9.26 Å². The summed E-state index contributed by atoms with van der Waals surface area (Å²) in [7, 11) is 1.69. The molecule has 0 atom stereocenters. The largest absolute Gasteiger partial charge is 0.497 e. The van der Waals surface area contributed by atoms with Crippen molar-refractivity contribution in [1.29, 1.82) is 0 Å². The van der Waals surface area contributed by atoms with E-state index in [1.54, 1.807) is 13.3 Å². The van der Waals surface area contributed by atoms with Crippen LogP contribution in [0.1, 0.15) is 31.2 Å². The number of aryl methyl sites for hydroxylation is 1. The molecule has 8 heteroatoms. The molecule has 0 fully saturated rings. The van der Waals surface area contributed by atoms with Crippen LogP contribution in [0.2, 0.25) is 0 Å². The Morgan fingerprint density at radius 2 is 1.94 bits per heavy atom. The molecule has 2 heterocycles. The summed E-state index contributed by atoms with van der Waals surface area (Å²) >= 11 is 0. The lowest BCUT2D eigenvalue weighted by Gasteiger charge is -2.10. The molecule has 2 N–H and O–H groups in total. The van der Waals surface area contributed by atoms with E-state index in [4.69, 9.17) is 9.26 Å². The third-order valence-electron chi connectivity index (χ3n) is 4.64. The van der Waals surface area contributed by atoms with Crippen LogP contribution in [0.5, 0.6) is 5.75 Å². The third-order valence-corrected chi connectivity index (χ3v) is 4.64. The summed E-state index contributed by atoms with van der Waals surface area (Å²) in [6.45, 7) is 4.30. The van der Waals surface area contributed by atoms with Crippen molar-refractivity contribution >= 4 is 5.96 Å². The van der Waals surface area contributed by atoms with Crippen LogP contribution in [-0.4, -0.2) is 47.8 Å². The highest BCUT2D eigenvalue weighted by atomic mass is 16.5. The standard InChI is InChI=1S/C23H30N6O2/c1-3-24-23(26-16-6-4-8-18-10-12-19(30-2)13-11-18)27-17-14-21-28-22(31-29-21)20-9-5-7-15-25-20/h5,7,9-13,15H,3-4,6,8,14,16-17H2,1-2H3,(H2,24,26,27). The number of nitrogens with one attached hydrogen (secondary N) is 2. The molecule has 0 amide bonds. The second kappa shape index (κ2) is 12.3. The number of rotatable bonds is 11. The van der Waals surface area contributed by atoms with Crippen LogP contribution >= 0.6 is 0 Å². The first-order valence-electron chi connectivity index (χ1n) is 10.7. The van der Waals surface area contributed by atoms with Gasteiger partial charge in [-0.15, -0.1) is 0 Å². The molecule has 0 aliphatic carbocycles. The second-order valence-electron chi connectivity index (χ2n) is 6.97. The fourth-order valence-electron chi connectivity index (χ4n) is 3.01. The lowest BCUT2D eigenvalue weighted by molar-refractivity contribution is 0.414. The zero-order valence-corrected chi connectivity index (χ0v) is 18.2. The molecule has 3 aromatic rings. The summed E-state index contributed by atoms with van der Waals surface area (Å²) < 4.78 is 10.5. The van der Waals surface area contributed by atoms with Crippen molar-refractivity contribution in [3.05, 3.63) is 60.0 Å². The lowest BCUT2D eigenvalue weighted by atomic mass is 10.1. The van der Waals surface area contributed by atoms with Crippen LogP contribution in [0.15, 0.2) is 58.2 Å². The van der Waals surface area contributed by atoms with Gasteiger partial charge in [0.05, 0.1) is 7.11 Å². The number of hydrogen-bond acceptors (Lipinski definition) is 6. The molecule has 164 valence electrons. The highest BCUT2D eigenvalue weighted by Gasteiger charge is 2.09. The Morgan fingerprint density at radius 3 is 2.68 bits per heavy atom. The molecule has 0 spiro atoms. The molecule has 0 unspecified atom stereocenters. The molecule has 8 nitrogen and oxygen atoms in total. The van der Waals surface area contributed by atoms with Crippen molar-refractivity contribution in [1.82, 2.24) is 25.8 Å². The summed E-state index contributed by atoms with van der Waals surface area (Å²) in [5.41, 5.74) is 2.00. The number of nitrogens with zero attached hydrogens (tertiary/aromatic N) is 4. The van der Waals surface area contributed by atoms with E-state index < -0.39 is 0 Å². The van der Waals surface area contributed by atoms with Crippen molar-refractivity contribution in [2.75, 3.05) is 26.7 Å². The Kier molecular flexibility index (Phi) is 8.85. The van der Waals surface area contributed by atoms with Crippen LogP contribution in [0, 0.1) is 0 Å². The van der Waals surface area contributed by atoms with E-state index in [2.05, 4.69) is 49.8 Å². The highest BCUT2D eigenvalue weighted by Crippen LogP contribution is 2.14. The first-order valence-corrected chi connectivity index (χ1v) is 10.7. The van der Waals surface area contributed by atoms with Gasteiger partial charge in [-0.2, -0.15) is 4.98 Å². The molecule has 2 aromatic heterocycles. The van der Waals surface area contributed by atoms with Gasteiger partial charge < -0.3 is 19.9 Å².